The summed E-state index contributed by atoms with van der Waals surface area (Å²) < 4.78 is 14.2. The third-order valence-corrected chi connectivity index (χ3v) is 9.23. The Balaban J connectivity index is 1.42. The maximum atomic E-state index is 14.0. The van der Waals surface area contributed by atoms with Crippen LogP contribution in [0.3, 0.4) is 0 Å². The lowest BCUT2D eigenvalue weighted by molar-refractivity contribution is 0.402. The summed E-state index contributed by atoms with van der Waals surface area (Å²) in [6, 6.07) is 25.0. The van der Waals surface area contributed by atoms with E-state index in [1.165, 1.54) is 16.9 Å². The van der Waals surface area contributed by atoms with Gasteiger partial charge in [0, 0.05) is 22.8 Å². The molecule has 0 spiro atoms. The molecule has 3 aromatic carbocycles. The van der Waals surface area contributed by atoms with E-state index in [9.17, 15) is 4.79 Å². The maximum absolute atomic E-state index is 14.0. The lowest BCUT2D eigenvalue weighted by atomic mass is 9.83. The van der Waals surface area contributed by atoms with Gasteiger partial charge >= 0.3 is 0 Å². The molecule has 8 heteroatoms. The molecule has 0 bridgehead atoms. The van der Waals surface area contributed by atoms with Gasteiger partial charge in [-0.05, 0) is 54.3 Å². The van der Waals surface area contributed by atoms with E-state index in [0.29, 0.717) is 36.5 Å². The fraction of sp³-hybridized carbons (Fsp3) is 0.125. The number of furan rings is 1. The van der Waals surface area contributed by atoms with Crippen LogP contribution in [0.5, 0.6) is 5.75 Å². The molecule has 0 radical (unpaired) electrons. The number of allylic oxidation sites excluding steroid dienone is 1. The Morgan fingerprint density at radius 3 is 2.65 bits per heavy atom. The van der Waals surface area contributed by atoms with Crippen LogP contribution in [0.15, 0.2) is 98.6 Å². The van der Waals surface area contributed by atoms with Gasteiger partial charge in [-0.2, -0.15) is 0 Å². The number of methoxy groups -OCH3 is 1. The van der Waals surface area contributed by atoms with Gasteiger partial charge in [-0.25, -0.2) is 4.99 Å². The summed E-state index contributed by atoms with van der Waals surface area (Å²) in [7, 11) is 1.66. The molecule has 5 aromatic rings. The Hall–Kier alpha value is -3.84. The van der Waals surface area contributed by atoms with Crippen molar-refractivity contribution < 1.29 is 9.15 Å². The first-order chi connectivity index (χ1) is 19.5. The van der Waals surface area contributed by atoms with Crippen LogP contribution in [0.4, 0.5) is 0 Å². The topological polar surface area (TPSA) is 56.7 Å². The zero-order valence-corrected chi connectivity index (χ0v) is 23.7. The van der Waals surface area contributed by atoms with Gasteiger partial charge in [-0.1, -0.05) is 83.1 Å². The number of para-hydroxylation sites is 1. The summed E-state index contributed by atoms with van der Waals surface area (Å²) in [6.07, 6.45) is 3.47. The van der Waals surface area contributed by atoms with Gasteiger partial charge in [-0.15, -0.1) is 0 Å². The zero-order valence-electron chi connectivity index (χ0n) is 21.4. The van der Waals surface area contributed by atoms with E-state index in [0.717, 1.165) is 41.0 Å². The van der Waals surface area contributed by atoms with Crippen LogP contribution in [0.25, 0.3) is 23.1 Å². The summed E-state index contributed by atoms with van der Waals surface area (Å²) >= 11 is 14.0. The number of fused-ring (bicyclic) bond motifs is 3. The lowest BCUT2D eigenvalue weighted by Gasteiger charge is -2.31. The minimum atomic E-state index is -0.324. The molecule has 3 heterocycles. The molecule has 1 aliphatic carbocycles. The molecule has 0 unspecified atom stereocenters. The molecule has 7 rings (SSSR count). The number of thiazole rings is 1. The third kappa shape index (κ3) is 4.06. The molecule has 198 valence electrons. The molecule has 5 nitrogen and oxygen atoms in total. The van der Waals surface area contributed by atoms with Crippen molar-refractivity contribution in [1.29, 1.82) is 0 Å². The van der Waals surface area contributed by atoms with Crippen LogP contribution in [0, 0.1) is 0 Å². The fourth-order valence-corrected chi connectivity index (χ4v) is 6.96. The summed E-state index contributed by atoms with van der Waals surface area (Å²) in [5.41, 5.74) is 5.97. The number of ether oxygens (including phenoxy) is 1. The number of benzene rings is 3. The van der Waals surface area contributed by atoms with Crippen LogP contribution in [-0.2, 0) is 6.42 Å². The number of nitrogens with zero attached hydrogens (tertiary/aromatic N) is 2. The molecular formula is C32H22Cl2N2O3S. The highest BCUT2D eigenvalue weighted by atomic mass is 35.5. The number of hydrogen-bond donors (Lipinski definition) is 0. The van der Waals surface area contributed by atoms with E-state index in [1.807, 2.05) is 54.6 Å². The average molecular weight is 586 g/mol. The van der Waals surface area contributed by atoms with E-state index in [2.05, 4.69) is 18.2 Å². The quantitative estimate of drug-likeness (QED) is 0.231. The number of rotatable bonds is 4. The van der Waals surface area contributed by atoms with Gasteiger partial charge in [-0.3, -0.25) is 9.36 Å². The third-order valence-electron chi connectivity index (χ3n) is 7.42. The average Bonchev–Trinajstić information content (AvgIpc) is 3.57. The summed E-state index contributed by atoms with van der Waals surface area (Å²) in [5.74, 6) is 1.86. The normalized spacial score (nSPS) is 16.3. The Morgan fingerprint density at radius 1 is 0.975 bits per heavy atom. The van der Waals surface area contributed by atoms with Gasteiger partial charge in [0.15, 0.2) is 4.80 Å². The first kappa shape index (κ1) is 25.1. The van der Waals surface area contributed by atoms with Crippen molar-refractivity contribution >= 4 is 46.3 Å². The molecule has 0 saturated carbocycles. The van der Waals surface area contributed by atoms with Gasteiger partial charge in [0.1, 0.15) is 17.3 Å². The predicted molar refractivity (Wildman–Crippen MR) is 160 cm³/mol. The Morgan fingerprint density at radius 2 is 1.77 bits per heavy atom. The van der Waals surface area contributed by atoms with E-state index in [-0.39, 0.29) is 11.6 Å². The zero-order chi connectivity index (χ0) is 27.4. The van der Waals surface area contributed by atoms with Crippen molar-refractivity contribution in [1.82, 2.24) is 4.57 Å². The first-order valence-electron chi connectivity index (χ1n) is 12.8. The minimum absolute atomic E-state index is 0.121. The summed E-state index contributed by atoms with van der Waals surface area (Å²) in [4.78, 5) is 19.8. The maximum Gasteiger partial charge on any atom is 0.271 e. The molecular weight excluding hydrogens is 563 g/mol. The molecule has 2 aliphatic rings. The number of aryl methyl sites for hydroxylation is 1. The standard InChI is InChI=1S/C32H22Cl2N2O3S/c1-38-25-12-5-4-9-22(25)30-23-15-13-18-7-2-3-8-20(18)29(23)35-32-36(30)31(37)27(40-32)17-19-14-16-26(39-19)21-10-6-11-24(33)28(21)34/h2-12,14,16-17,30H,13,15H2,1H3/b27-17-/t30-/m1/s1. The van der Waals surface area contributed by atoms with Crippen molar-refractivity contribution in [2.24, 2.45) is 4.99 Å². The lowest BCUT2D eigenvalue weighted by Crippen LogP contribution is -2.38. The molecule has 1 atom stereocenters. The predicted octanol–water partition coefficient (Wildman–Crippen LogP) is 6.89. The van der Waals surface area contributed by atoms with Crippen LogP contribution >= 0.6 is 34.5 Å². The molecule has 0 saturated heterocycles. The Bertz CT molecular complexity index is 2020. The van der Waals surface area contributed by atoms with Crippen LogP contribution < -0.4 is 19.6 Å². The second-order valence-electron chi connectivity index (χ2n) is 9.66. The molecule has 1 aliphatic heterocycles. The van der Waals surface area contributed by atoms with Gasteiger partial charge in [0.2, 0.25) is 0 Å². The SMILES string of the molecule is COc1ccccc1[C@@H]1C2=C(N=c3s/c(=C\c4ccc(-c5cccc(Cl)c5Cl)o4)c(=O)n31)c1ccccc1CC2. The highest BCUT2D eigenvalue weighted by molar-refractivity contribution is 7.07. The number of hydrogen-bond acceptors (Lipinski definition) is 5. The Labute approximate surface area is 243 Å². The summed E-state index contributed by atoms with van der Waals surface area (Å²) in [5, 5.41) is 0.874. The molecule has 0 amide bonds. The van der Waals surface area contributed by atoms with Crippen LogP contribution in [0.2, 0.25) is 10.0 Å². The minimum Gasteiger partial charge on any atom is -0.496 e. The van der Waals surface area contributed by atoms with Crippen molar-refractivity contribution in [2.75, 3.05) is 7.11 Å². The van der Waals surface area contributed by atoms with Gasteiger partial charge < -0.3 is 9.15 Å². The first-order valence-corrected chi connectivity index (χ1v) is 14.4. The van der Waals surface area contributed by atoms with Crippen LogP contribution in [0.1, 0.15) is 34.9 Å². The monoisotopic (exact) mass is 584 g/mol. The van der Waals surface area contributed by atoms with Crippen molar-refractivity contribution in [3.8, 4) is 17.1 Å². The van der Waals surface area contributed by atoms with E-state index >= 15 is 0 Å². The smallest absolute Gasteiger partial charge is 0.271 e. The second-order valence-corrected chi connectivity index (χ2v) is 11.5. The highest BCUT2D eigenvalue weighted by Gasteiger charge is 2.34. The van der Waals surface area contributed by atoms with Crippen molar-refractivity contribution in [3.05, 3.63) is 137 Å². The Kier molecular flexibility index (Phi) is 6.27. The number of aromatic nitrogens is 1. The molecule has 40 heavy (non-hydrogen) atoms. The largest absolute Gasteiger partial charge is 0.496 e. The molecule has 2 aromatic heterocycles. The van der Waals surface area contributed by atoms with Gasteiger partial charge in [0.05, 0.1) is 33.4 Å². The highest BCUT2D eigenvalue weighted by Crippen LogP contribution is 2.43. The van der Waals surface area contributed by atoms with Crippen molar-refractivity contribution in [2.45, 2.75) is 18.9 Å². The van der Waals surface area contributed by atoms with E-state index in [4.69, 9.17) is 37.3 Å². The van der Waals surface area contributed by atoms with E-state index < -0.39 is 0 Å². The van der Waals surface area contributed by atoms with Crippen LogP contribution in [-0.4, -0.2) is 11.7 Å². The molecule has 0 N–H and O–H groups in total. The van der Waals surface area contributed by atoms with Crippen molar-refractivity contribution in [3.63, 3.8) is 0 Å². The fourth-order valence-electron chi connectivity index (χ4n) is 5.59. The summed E-state index contributed by atoms with van der Waals surface area (Å²) in [6.45, 7) is 0. The second kappa shape index (κ2) is 9.97. The molecule has 0 fully saturated rings. The number of halogens is 2. The van der Waals surface area contributed by atoms with Gasteiger partial charge in [0.25, 0.3) is 5.56 Å². The van der Waals surface area contributed by atoms with E-state index in [1.54, 1.807) is 23.8 Å².